The predicted octanol–water partition coefficient (Wildman–Crippen LogP) is 2.93. The van der Waals surface area contributed by atoms with Crippen LogP contribution in [0.25, 0.3) is 0 Å². The van der Waals surface area contributed by atoms with Crippen molar-refractivity contribution in [1.82, 2.24) is 10.2 Å². The Morgan fingerprint density at radius 2 is 1.94 bits per heavy atom. The third kappa shape index (κ3) is 4.52. The van der Waals surface area contributed by atoms with Gasteiger partial charge in [0.2, 0.25) is 0 Å². The molecule has 0 unspecified atom stereocenters. The number of rotatable bonds is 8. The van der Waals surface area contributed by atoms with Gasteiger partial charge < -0.3 is 9.73 Å². The zero-order valence-electron chi connectivity index (χ0n) is 11.7. The monoisotopic (exact) mass is 238 g/mol. The van der Waals surface area contributed by atoms with E-state index in [1.165, 1.54) is 12.0 Å². The number of aryl methyl sites for hydroxylation is 1. The van der Waals surface area contributed by atoms with E-state index >= 15 is 0 Å². The van der Waals surface area contributed by atoms with Crippen molar-refractivity contribution in [3.63, 3.8) is 0 Å². The van der Waals surface area contributed by atoms with E-state index in [0.29, 0.717) is 0 Å². The molecule has 1 aromatic rings. The van der Waals surface area contributed by atoms with E-state index in [9.17, 15) is 0 Å². The van der Waals surface area contributed by atoms with E-state index < -0.39 is 0 Å². The average molecular weight is 238 g/mol. The first-order chi connectivity index (χ1) is 8.21. The Balaban J connectivity index is 2.54. The molecule has 98 valence electrons. The largest absolute Gasteiger partial charge is 0.465 e. The highest BCUT2D eigenvalue weighted by Gasteiger charge is 2.09. The quantitative estimate of drug-likeness (QED) is 0.706. The fraction of sp³-hybridized carbons (Fsp3) is 0.714. The molecule has 1 aromatic heterocycles. The smallest absolute Gasteiger partial charge is 0.118 e. The molecular formula is C14H26N2O. The summed E-state index contributed by atoms with van der Waals surface area (Å²) < 4.78 is 5.80. The Morgan fingerprint density at radius 3 is 2.53 bits per heavy atom. The van der Waals surface area contributed by atoms with Crippen LogP contribution in [-0.4, -0.2) is 24.5 Å². The van der Waals surface area contributed by atoms with Crippen LogP contribution < -0.4 is 5.32 Å². The summed E-state index contributed by atoms with van der Waals surface area (Å²) in [4.78, 5) is 2.36. The molecule has 0 aliphatic carbocycles. The summed E-state index contributed by atoms with van der Waals surface area (Å²) in [7, 11) is 0. The maximum Gasteiger partial charge on any atom is 0.118 e. The number of hydrogen-bond donors (Lipinski definition) is 1. The molecule has 0 saturated carbocycles. The molecule has 1 N–H and O–H groups in total. The summed E-state index contributed by atoms with van der Waals surface area (Å²) in [5.74, 6) is 2.13. The normalized spacial score (nSPS) is 11.4. The van der Waals surface area contributed by atoms with Crippen LogP contribution in [0.15, 0.2) is 10.5 Å². The van der Waals surface area contributed by atoms with E-state index in [1.807, 2.05) is 0 Å². The molecule has 1 heterocycles. The summed E-state index contributed by atoms with van der Waals surface area (Å²) in [5.41, 5.74) is 1.29. The zero-order chi connectivity index (χ0) is 12.7. The van der Waals surface area contributed by atoms with Crippen LogP contribution in [0.4, 0.5) is 0 Å². The van der Waals surface area contributed by atoms with Crippen molar-refractivity contribution in [2.24, 2.45) is 0 Å². The molecule has 1 rings (SSSR count). The summed E-state index contributed by atoms with van der Waals surface area (Å²) in [6.07, 6.45) is 1.17. The molecule has 0 aliphatic rings. The van der Waals surface area contributed by atoms with Gasteiger partial charge in [0, 0.05) is 12.1 Å². The van der Waals surface area contributed by atoms with E-state index in [-0.39, 0.29) is 0 Å². The van der Waals surface area contributed by atoms with Gasteiger partial charge in [-0.05, 0) is 39.0 Å². The Labute approximate surface area is 105 Å². The minimum atomic E-state index is 0.918. The summed E-state index contributed by atoms with van der Waals surface area (Å²) in [6, 6.07) is 2.19. The first-order valence-electron chi connectivity index (χ1n) is 6.72. The third-order valence-corrected chi connectivity index (χ3v) is 3.09. The minimum absolute atomic E-state index is 0.918. The molecular weight excluding hydrogens is 212 g/mol. The van der Waals surface area contributed by atoms with Gasteiger partial charge in [-0.25, -0.2) is 0 Å². The van der Waals surface area contributed by atoms with E-state index in [4.69, 9.17) is 4.42 Å². The first kappa shape index (κ1) is 14.3. The number of nitrogens with zero attached hydrogens (tertiary/aromatic N) is 1. The fourth-order valence-corrected chi connectivity index (χ4v) is 1.91. The molecule has 0 radical (unpaired) electrons. The first-order valence-corrected chi connectivity index (χ1v) is 6.72. The summed E-state index contributed by atoms with van der Waals surface area (Å²) >= 11 is 0. The standard InChI is InChI=1S/C14H26N2O/c1-5-8-15-10-13-9-14(17-12(13)4)11-16(6-2)7-3/h9,15H,5-8,10-11H2,1-4H3. The van der Waals surface area contributed by atoms with Crippen LogP contribution in [0.2, 0.25) is 0 Å². The third-order valence-electron chi connectivity index (χ3n) is 3.09. The lowest BCUT2D eigenvalue weighted by atomic mass is 10.2. The molecule has 0 saturated heterocycles. The predicted molar refractivity (Wildman–Crippen MR) is 72.1 cm³/mol. The highest BCUT2D eigenvalue weighted by atomic mass is 16.3. The molecule has 0 atom stereocenters. The maximum absolute atomic E-state index is 5.80. The van der Waals surface area contributed by atoms with Gasteiger partial charge in [0.1, 0.15) is 11.5 Å². The highest BCUT2D eigenvalue weighted by molar-refractivity contribution is 5.20. The van der Waals surface area contributed by atoms with Gasteiger partial charge in [0.15, 0.2) is 0 Å². The molecule has 3 heteroatoms. The van der Waals surface area contributed by atoms with Gasteiger partial charge in [-0.1, -0.05) is 20.8 Å². The maximum atomic E-state index is 5.80. The van der Waals surface area contributed by atoms with Gasteiger partial charge in [0.25, 0.3) is 0 Å². The van der Waals surface area contributed by atoms with Crippen LogP contribution in [0.1, 0.15) is 44.3 Å². The van der Waals surface area contributed by atoms with Crippen molar-refractivity contribution in [3.8, 4) is 0 Å². The van der Waals surface area contributed by atoms with Crippen LogP contribution >= 0.6 is 0 Å². The Morgan fingerprint density at radius 1 is 1.24 bits per heavy atom. The Kier molecular flexibility index (Phi) is 6.30. The van der Waals surface area contributed by atoms with E-state index in [1.54, 1.807) is 0 Å². The molecule has 0 amide bonds. The van der Waals surface area contributed by atoms with Crippen molar-refractivity contribution in [2.45, 2.75) is 47.2 Å². The second kappa shape index (κ2) is 7.51. The Hall–Kier alpha value is -0.800. The lowest BCUT2D eigenvalue weighted by molar-refractivity contribution is 0.266. The van der Waals surface area contributed by atoms with Crippen LogP contribution in [-0.2, 0) is 13.1 Å². The van der Waals surface area contributed by atoms with Crippen molar-refractivity contribution in [1.29, 1.82) is 0 Å². The van der Waals surface area contributed by atoms with Gasteiger partial charge in [-0.15, -0.1) is 0 Å². The van der Waals surface area contributed by atoms with Crippen molar-refractivity contribution in [3.05, 3.63) is 23.2 Å². The number of furan rings is 1. The second-order valence-corrected chi connectivity index (χ2v) is 4.43. The topological polar surface area (TPSA) is 28.4 Å². The molecule has 17 heavy (non-hydrogen) atoms. The molecule has 0 aliphatic heterocycles. The van der Waals surface area contributed by atoms with Gasteiger partial charge in [-0.3, -0.25) is 4.90 Å². The zero-order valence-corrected chi connectivity index (χ0v) is 11.7. The summed E-state index contributed by atoms with van der Waals surface area (Å²) in [6.45, 7) is 13.6. The fourth-order valence-electron chi connectivity index (χ4n) is 1.91. The Bertz CT molecular complexity index is 316. The SMILES string of the molecule is CCCNCc1cc(CN(CC)CC)oc1C. The molecule has 0 fully saturated rings. The van der Waals surface area contributed by atoms with Crippen LogP contribution in [0.5, 0.6) is 0 Å². The number of nitrogens with one attached hydrogen (secondary N) is 1. The lowest BCUT2D eigenvalue weighted by Crippen LogP contribution is -2.21. The van der Waals surface area contributed by atoms with E-state index in [2.05, 4.69) is 44.0 Å². The average Bonchev–Trinajstić information content (AvgIpc) is 2.67. The second-order valence-electron chi connectivity index (χ2n) is 4.43. The minimum Gasteiger partial charge on any atom is -0.465 e. The molecule has 0 aromatic carbocycles. The van der Waals surface area contributed by atoms with Gasteiger partial charge >= 0.3 is 0 Å². The number of hydrogen-bond acceptors (Lipinski definition) is 3. The molecule has 0 spiro atoms. The molecule has 3 nitrogen and oxygen atoms in total. The van der Waals surface area contributed by atoms with Crippen LogP contribution in [0, 0.1) is 6.92 Å². The van der Waals surface area contributed by atoms with Crippen LogP contribution in [0.3, 0.4) is 0 Å². The van der Waals surface area contributed by atoms with Crippen molar-refractivity contribution < 1.29 is 4.42 Å². The molecule has 0 bridgehead atoms. The lowest BCUT2D eigenvalue weighted by Gasteiger charge is -2.15. The van der Waals surface area contributed by atoms with Gasteiger partial charge in [0.05, 0.1) is 6.54 Å². The van der Waals surface area contributed by atoms with Crippen molar-refractivity contribution >= 4 is 0 Å². The highest BCUT2D eigenvalue weighted by Crippen LogP contribution is 2.16. The van der Waals surface area contributed by atoms with Gasteiger partial charge in [-0.2, -0.15) is 0 Å². The summed E-state index contributed by atoms with van der Waals surface area (Å²) in [5, 5.41) is 3.41. The van der Waals surface area contributed by atoms with Crippen molar-refractivity contribution in [2.75, 3.05) is 19.6 Å². The van der Waals surface area contributed by atoms with E-state index in [0.717, 1.165) is 44.2 Å².